The van der Waals surface area contributed by atoms with Crippen molar-refractivity contribution in [3.8, 4) is 11.1 Å². The highest BCUT2D eigenvalue weighted by Crippen LogP contribution is 2.34. The van der Waals surface area contributed by atoms with Crippen LogP contribution in [0.2, 0.25) is 0 Å². The molecule has 0 radical (unpaired) electrons. The fraction of sp³-hybridized carbons (Fsp3) is 0.280. The molecular formula is C25H25N7O2. The predicted molar refractivity (Wildman–Crippen MR) is 128 cm³/mol. The third-order valence-corrected chi connectivity index (χ3v) is 6.80. The lowest BCUT2D eigenvalue weighted by Crippen LogP contribution is -2.35. The molecule has 6 rings (SSSR count). The number of hydrogen-bond acceptors (Lipinski definition) is 7. The number of fused-ring (bicyclic) bond motifs is 2. The van der Waals surface area contributed by atoms with Crippen LogP contribution in [0, 0.1) is 0 Å². The molecule has 172 valence electrons. The first-order valence-corrected chi connectivity index (χ1v) is 11.5. The Morgan fingerprint density at radius 2 is 1.91 bits per heavy atom. The molecule has 1 atom stereocenters. The Balaban J connectivity index is 1.33. The highest BCUT2D eigenvalue weighted by molar-refractivity contribution is 6.07. The zero-order chi connectivity index (χ0) is 23.2. The molecule has 0 aromatic carbocycles. The highest BCUT2D eigenvalue weighted by Gasteiger charge is 2.25. The fourth-order valence-electron chi connectivity index (χ4n) is 4.92. The molecule has 0 bridgehead atoms. The van der Waals surface area contributed by atoms with Gasteiger partial charge < -0.3 is 25.6 Å². The number of carbonyl (C=O) groups is 1. The zero-order valence-electron chi connectivity index (χ0n) is 18.6. The summed E-state index contributed by atoms with van der Waals surface area (Å²) in [5, 5.41) is 13.5. The quantitative estimate of drug-likeness (QED) is 0.431. The third kappa shape index (κ3) is 3.41. The van der Waals surface area contributed by atoms with E-state index in [1.165, 1.54) is 0 Å². The standard InChI is InChI=1S/C25H25N7O2/c26-23(21-2-1-16(13-29-21)31-8-4-17(33)5-9-31)32-10-6-19-18(3-7-28-24(19)32)20-14-27-11-15-12-30-25(34)22(15)20/h1-3,6-7,10-11,13-14,17,23,33H,4-5,8-9,12,26H2,(H,30,34). The van der Waals surface area contributed by atoms with Crippen LogP contribution in [-0.4, -0.2) is 49.7 Å². The largest absolute Gasteiger partial charge is 0.393 e. The van der Waals surface area contributed by atoms with Crippen LogP contribution in [0.15, 0.2) is 55.2 Å². The maximum Gasteiger partial charge on any atom is 0.252 e. The van der Waals surface area contributed by atoms with E-state index in [0.29, 0.717) is 12.1 Å². The number of nitrogens with one attached hydrogen (secondary N) is 1. The predicted octanol–water partition coefficient (Wildman–Crippen LogP) is 2.20. The molecule has 9 heteroatoms. The molecule has 0 spiro atoms. The first kappa shape index (κ1) is 20.8. The van der Waals surface area contributed by atoms with E-state index in [0.717, 1.165) is 65.0 Å². The fourth-order valence-corrected chi connectivity index (χ4v) is 4.92. The van der Waals surface area contributed by atoms with Crippen LogP contribution < -0.4 is 16.0 Å². The number of anilines is 1. The van der Waals surface area contributed by atoms with Gasteiger partial charge in [0, 0.05) is 60.9 Å². The minimum absolute atomic E-state index is 0.0824. The topological polar surface area (TPSA) is 122 Å². The van der Waals surface area contributed by atoms with Crippen LogP contribution in [0.3, 0.4) is 0 Å². The van der Waals surface area contributed by atoms with Crippen LogP contribution >= 0.6 is 0 Å². The van der Waals surface area contributed by atoms with Crippen molar-refractivity contribution in [3.63, 3.8) is 0 Å². The Bertz CT molecular complexity index is 1370. The van der Waals surface area contributed by atoms with E-state index in [1.807, 2.05) is 41.2 Å². The first-order chi connectivity index (χ1) is 16.6. The average Bonchev–Trinajstić information content (AvgIpc) is 3.48. The van der Waals surface area contributed by atoms with Crippen LogP contribution in [0.1, 0.15) is 40.6 Å². The Kier molecular flexibility index (Phi) is 5.00. The van der Waals surface area contributed by atoms with E-state index in [-0.39, 0.29) is 12.0 Å². The summed E-state index contributed by atoms with van der Waals surface area (Å²) < 4.78 is 1.90. The molecule has 4 N–H and O–H groups in total. The van der Waals surface area contributed by atoms with E-state index in [1.54, 1.807) is 18.6 Å². The van der Waals surface area contributed by atoms with Gasteiger partial charge >= 0.3 is 0 Å². The number of aliphatic hydroxyl groups excluding tert-OH is 1. The van der Waals surface area contributed by atoms with Crippen molar-refractivity contribution in [3.05, 3.63) is 72.1 Å². The number of carbonyl (C=O) groups excluding carboxylic acids is 1. The van der Waals surface area contributed by atoms with Crippen molar-refractivity contribution in [1.29, 1.82) is 0 Å². The van der Waals surface area contributed by atoms with Gasteiger partial charge in [0.05, 0.1) is 29.2 Å². The highest BCUT2D eigenvalue weighted by atomic mass is 16.3. The number of aromatic nitrogens is 4. The zero-order valence-corrected chi connectivity index (χ0v) is 18.6. The van der Waals surface area contributed by atoms with Crippen molar-refractivity contribution >= 4 is 22.6 Å². The molecule has 34 heavy (non-hydrogen) atoms. The van der Waals surface area contributed by atoms with E-state index in [9.17, 15) is 9.90 Å². The SMILES string of the molecule is NC(c1ccc(N2CCC(O)CC2)cn1)n1ccc2c(-c3cncc4c3C(=O)NC4)ccnc21. The maximum absolute atomic E-state index is 12.4. The van der Waals surface area contributed by atoms with Gasteiger partial charge in [-0.25, -0.2) is 4.98 Å². The number of nitrogens with two attached hydrogens (primary N) is 1. The molecule has 0 aliphatic carbocycles. The Morgan fingerprint density at radius 3 is 2.71 bits per heavy atom. The lowest BCUT2D eigenvalue weighted by Gasteiger charge is -2.31. The second-order valence-corrected chi connectivity index (χ2v) is 8.83. The molecule has 4 aromatic rings. The summed E-state index contributed by atoms with van der Waals surface area (Å²) in [5.74, 6) is -0.0824. The molecule has 2 aliphatic rings. The minimum Gasteiger partial charge on any atom is -0.393 e. The average molecular weight is 456 g/mol. The first-order valence-electron chi connectivity index (χ1n) is 11.5. The summed E-state index contributed by atoms with van der Waals surface area (Å²) in [4.78, 5) is 28.2. The van der Waals surface area contributed by atoms with E-state index < -0.39 is 6.17 Å². The second kappa shape index (κ2) is 8.19. The van der Waals surface area contributed by atoms with Gasteiger partial charge in [0.1, 0.15) is 11.8 Å². The molecule has 1 saturated heterocycles. The number of pyridine rings is 3. The Labute approximate surface area is 196 Å². The summed E-state index contributed by atoms with van der Waals surface area (Å²) in [6.45, 7) is 2.13. The van der Waals surface area contributed by atoms with Crippen molar-refractivity contribution < 1.29 is 9.90 Å². The summed E-state index contributed by atoms with van der Waals surface area (Å²) in [6.07, 6.45) is 9.76. The number of aliphatic hydroxyl groups is 1. The Morgan fingerprint density at radius 1 is 1.06 bits per heavy atom. The molecule has 4 aromatic heterocycles. The molecule has 1 fully saturated rings. The lowest BCUT2D eigenvalue weighted by molar-refractivity contribution is 0.0966. The summed E-state index contributed by atoms with van der Waals surface area (Å²) in [7, 11) is 0. The molecule has 2 aliphatic heterocycles. The molecule has 0 saturated carbocycles. The normalized spacial score (nSPS) is 17.1. The van der Waals surface area contributed by atoms with Gasteiger partial charge in [-0.15, -0.1) is 0 Å². The Hall–Kier alpha value is -3.82. The van der Waals surface area contributed by atoms with Gasteiger partial charge in [0.25, 0.3) is 5.91 Å². The smallest absolute Gasteiger partial charge is 0.252 e. The summed E-state index contributed by atoms with van der Waals surface area (Å²) >= 11 is 0. The van der Waals surface area contributed by atoms with E-state index >= 15 is 0 Å². The maximum atomic E-state index is 12.4. The number of nitrogens with zero attached hydrogens (tertiary/aromatic N) is 5. The minimum atomic E-state index is -0.514. The van der Waals surface area contributed by atoms with E-state index in [2.05, 4.69) is 25.2 Å². The monoisotopic (exact) mass is 455 g/mol. The van der Waals surface area contributed by atoms with Crippen LogP contribution in [-0.2, 0) is 6.54 Å². The summed E-state index contributed by atoms with van der Waals surface area (Å²) in [5.41, 5.74) is 12.3. The number of piperidine rings is 1. The molecular weight excluding hydrogens is 430 g/mol. The third-order valence-electron chi connectivity index (χ3n) is 6.80. The number of rotatable bonds is 4. The van der Waals surface area contributed by atoms with Crippen molar-refractivity contribution in [1.82, 2.24) is 24.8 Å². The van der Waals surface area contributed by atoms with Gasteiger partial charge in [-0.2, -0.15) is 0 Å². The van der Waals surface area contributed by atoms with Gasteiger partial charge in [-0.05, 0) is 42.7 Å². The van der Waals surface area contributed by atoms with E-state index in [4.69, 9.17) is 5.73 Å². The molecule has 1 amide bonds. The molecule has 9 nitrogen and oxygen atoms in total. The van der Waals surface area contributed by atoms with Crippen molar-refractivity contribution in [2.75, 3.05) is 18.0 Å². The molecule has 1 unspecified atom stereocenters. The second-order valence-electron chi connectivity index (χ2n) is 8.83. The van der Waals surface area contributed by atoms with Gasteiger partial charge in [0.15, 0.2) is 0 Å². The van der Waals surface area contributed by atoms with Gasteiger partial charge in [-0.1, -0.05) is 0 Å². The number of amides is 1. The van der Waals surface area contributed by atoms with Crippen molar-refractivity contribution in [2.24, 2.45) is 5.73 Å². The lowest BCUT2D eigenvalue weighted by atomic mass is 9.98. The van der Waals surface area contributed by atoms with Gasteiger partial charge in [0.2, 0.25) is 0 Å². The summed E-state index contributed by atoms with van der Waals surface area (Å²) in [6, 6.07) is 7.85. The van der Waals surface area contributed by atoms with Crippen molar-refractivity contribution in [2.45, 2.75) is 31.7 Å². The van der Waals surface area contributed by atoms with Gasteiger partial charge in [-0.3, -0.25) is 14.8 Å². The van der Waals surface area contributed by atoms with Crippen LogP contribution in [0.4, 0.5) is 5.69 Å². The van der Waals surface area contributed by atoms with Crippen LogP contribution in [0.5, 0.6) is 0 Å². The molecule has 6 heterocycles. The van der Waals surface area contributed by atoms with Crippen LogP contribution in [0.25, 0.3) is 22.2 Å². The number of hydrogen-bond donors (Lipinski definition) is 3.